The van der Waals surface area contributed by atoms with Gasteiger partial charge in [-0.15, -0.1) is 0 Å². The SMILES string of the molecule is Cc1nc2nc([C@H]3CCO[C@@H](c4ccc(=O)n(C)c4)C3)nc(-c3ccc(C(F)(F)F)cc3F)c2nc1C. The van der Waals surface area contributed by atoms with Crippen LogP contribution >= 0.6 is 0 Å². The van der Waals surface area contributed by atoms with Crippen molar-refractivity contribution in [1.29, 1.82) is 0 Å². The summed E-state index contributed by atoms with van der Waals surface area (Å²) in [6, 6.07) is 5.54. The van der Waals surface area contributed by atoms with Crippen LogP contribution in [0.3, 0.4) is 0 Å². The molecule has 7 nitrogen and oxygen atoms in total. The van der Waals surface area contributed by atoms with Gasteiger partial charge in [0.15, 0.2) is 5.65 Å². The Morgan fingerprint density at radius 2 is 1.78 bits per heavy atom. The molecule has 0 spiro atoms. The molecule has 2 atom stereocenters. The molecule has 192 valence electrons. The van der Waals surface area contributed by atoms with Gasteiger partial charge in [0.05, 0.1) is 23.1 Å². The van der Waals surface area contributed by atoms with Gasteiger partial charge in [-0.3, -0.25) is 4.79 Å². The number of pyridine rings is 1. The second-order valence-electron chi connectivity index (χ2n) is 9.18. The van der Waals surface area contributed by atoms with E-state index in [1.807, 2.05) is 0 Å². The number of rotatable bonds is 3. The minimum absolute atomic E-state index is 0.0898. The number of fused-ring (bicyclic) bond motifs is 1. The number of halogens is 4. The number of alkyl halides is 3. The number of ether oxygens (including phenoxy) is 1. The summed E-state index contributed by atoms with van der Waals surface area (Å²) in [5, 5.41) is 0. The van der Waals surface area contributed by atoms with E-state index in [0.717, 1.165) is 17.7 Å². The summed E-state index contributed by atoms with van der Waals surface area (Å²) in [6.07, 6.45) is -2.19. The number of aromatic nitrogens is 5. The molecule has 1 aromatic carbocycles. The number of benzene rings is 1. The molecule has 0 N–H and O–H groups in total. The number of aryl methyl sites for hydroxylation is 3. The standard InChI is InChI=1S/C26H23F4N5O2/c1-13-14(2)32-25-23(31-13)22(18-6-5-17(11-19(18)27)26(28,29)30)33-24(34-25)15-8-9-37-20(10-15)16-4-7-21(36)35(3)12-16/h4-7,11-12,15,20H,8-10H2,1-3H3/t15-,20+/m0/s1. The molecule has 11 heteroatoms. The van der Waals surface area contributed by atoms with Gasteiger partial charge >= 0.3 is 6.18 Å². The zero-order valence-corrected chi connectivity index (χ0v) is 20.3. The number of hydrogen-bond acceptors (Lipinski definition) is 6. The molecule has 1 fully saturated rings. The van der Waals surface area contributed by atoms with Crippen LogP contribution in [0, 0.1) is 19.7 Å². The van der Waals surface area contributed by atoms with Gasteiger partial charge in [-0.05, 0) is 56.5 Å². The van der Waals surface area contributed by atoms with Crippen molar-refractivity contribution in [3.63, 3.8) is 0 Å². The third kappa shape index (κ3) is 4.83. The molecule has 0 amide bonds. The Hall–Kier alpha value is -3.73. The van der Waals surface area contributed by atoms with E-state index < -0.39 is 17.6 Å². The number of nitrogens with zero attached hydrogens (tertiary/aromatic N) is 5. The summed E-state index contributed by atoms with van der Waals surface area (Å²) < 4.78 is 61.9. The second-order valence-corrected chi connectivity index (χ2v) is 9.18. The molecule has 0 aliphatic carbocycles. The van der Waals surface area contributed by atoms with Crippen LogP contribution in [0.25, 0.3) is 22.4 Å². The summed E-state index contributed by atoms with van der Waals surface area (Å²) >= 11 is 0. The monoisotopic (exact) mass is 513 g/mol. The van der Waals surface area contributed by atoms with Crippen molar-refractivity contribution in [3.05, 3.63) is 81.0 Å². The minimum Gasteiger partial charge on any atom is -0.373 e. The van der Waals surface area contributed by atoms with Crippen molar-refractivity contribution in [2.45, 2.75) is 44.9 Å². The molecule has 5 rings (SSSR count). The van der Waals surface area contributed by atoms with Gasteiger partial charge in [0.25, 0.3) is 0 Å². The Kier molecular flexibility index (Phi) is 6.26. The fraction of sp³-hybridized carbons (Fsp3) is 0.346. The lowest BCUT2D eigenvalue weighted by Crippen LogP contribution is -2.23. The summed E-state index contributed by atoms with van der Waals surface area (Å²) in [5.41, 5.74) is 1.25. The zero-order valence-electron chi connectivity index (χ0n) is 20.3. The van der Waals surface area contributed by atoms with E-state index in [2.05, 4.69) is 19.9 Å². The molecule has 4 heterocycles. The first-order valence-corrected chi connectivity index (χ1v) is 11.7. The Bertz CT molecular complexity index is 1570. The Morgan fingerprint density at radius 3 is 2.49 bits per heavy atom. The molecule has 0 saturated carbocycles. The maximum atomic E-state index is 15.0. The van der Waals surface area contributed by atoms with Crippen LogP contribution in [-0.4, -0.2) is 31.1 Å². The molecule has 1 saturated heterocycles. The molecule has 37 heavy (non-hydrogen) atoms. The first-order chi connectivity index (χ1) is 17.5. The zero-order chi connectivity index (χ0) is 26.5. The summed E-state index contributed by atoms with van der Waals surface area (Å²) in [7, 11) is 1.66. The molecule has 0 bridgehead atoms. The highest BCUT2D eigenvalue weighted by molar-refractivity contribution is 5.87. The molecule has 1 aliphatic heterocycles. The molecule has 3 aromatic heterocycles. The predicted octanol–water partition coefficient (Wildman–Crippen LogP) is 5.20. The summed E-state index contributed by atoms with van der Waals surface area (Å²) in [4.78, 5) is 30.1. The van der Waals surface area contributed by atoms with Crippen molar-refractivity contribution < 1.29 is 22.3 Å². The smallest absolute Gasteiger partial charge is 0.373 e. The van der Waals surface area contributed by atoms with Crippen LogP contribution in [0.4, 0.5) is 17.6 Å². The minimum atomic E-state index is -4.68. The lowest BCUT2D eigenvalue weighted by atomic mass is 9.91. The van der Waals surface area contributed by atoms with E-state index in [0.29, 0.717) is 42.7 Å². The van der Waals surface area contributed by atoms with Gasteiger partial charge in [0.1, 0.15) is 22.9 Å². The highest BCUT2D eigenvalue weighted by atomic mass is 19.4. The Labute approximate surface area is 209 Å². The van der Waals surface area contributed by atoms with Crippen LogP contribution in [0.5, 0.6) is 0 Å². The van der Waals surface area contributed by atoms with Crippen LogP contribution < -0.4 is 5.56 Å². The van der Waals surface area contributed by atoms with Crippen molar-refractivity contribution in [2.24, 2.45) is 7.05 Å². The fourth-order valence-corrected chi connectivity index (χ4v) is 4.45. The van der Waals surface area contributed by atoms with Crippen molar-refractivity contribution in [2.75, 3.05) is 6.61 Å². The lowest BCUT2D eigenvalue weighted by Gasteiger charge is -2.29. The Morgan fingerprint density at radius 1 is 1.03 bits per heavy atom. The maximum absolute atomic E-state index is 15.0. The van der Waals surface area contributed by atoms with Crippen molar-refractivity contribution in [1.82, 2.24) is 24.5 Å². The van der Waals surface area contributed by atoms with E-state index in [-0.39, 0.29) is 40.0 Å². The maximum Gasteiger partial charge on any atom is 0.416 e. The van der Waals surface area contributed by atoms with Gasteiger partial charge in [-0.25, -0.2) is 24.3 Å². The fourth-order valence-electron chi connectivity index (χ4n) is 4.45. The van der Waals surface area contributed by atoms with Crippen LogP contribution in [0.2, 0.25) is 0 Å². The largest absolute Gasteiger partial charge is 0.416 e. The highest BCUT2D eigenvalue weighted by Gasteiger charge is 2.32. The van der Waals surface area contributed by atoms with Crippen molar-refractivity contribution >= 4 is 11.2 Å². The number of hydrogen-bond donors (Lipinski definition) is 0. The molecule has 0 unspecified atom stereocenters. The second kappa shape index (κ2) is 9.29. The van der Waals surface area contributed by atoms with Gasteiger partial charge in [-0.1, -0.05) is 0 Å². The highest BCUT2D eigenvalue weighted by Crippen LogP contribution is 2.38. The molecule has 0 radical (unpaired) electrons. The summed E-state index contributed by atoms with van der Waals surface area (Å²) in [6.45, 7) is 3.91. The summed E-state index contributed by atoms with van der Waals surface area (Å²) in [5.74, 6) is -0.867. The molecular formula is C26H23F4N5O2. The van der Waals surface area contributed by atoms with Gasteiger partial charge in [0.2, 0.25) is 5.56 Å². The van der Waals surface area contributed by atoms with Gasteiger partial charge < -0.3 is 9.30 Å². The average molecular weight is 513 g/mol. The van der Waals surface area contributed by atoms with E-state index in [9.17, 15) is 18.0 Å². The molecular weight excluding hydrogens is 490 g/mol. The van der Waals surface area contributed by atoms with Crippen LogP contribution in [0.15, 0.2) is 41.3 Å². The van der Waals surface area contributed by atoms with Crippen molar-refractivity contribution in [3.8, 4) is 11.3 Å². The topological polar surface area (TPSA) is 82.8 Å². The van der Waals surface area contributed by atoms with E-state index in [1.54, 1.807) is 33.2 Å². The van der Waals surface area contributed by atoms with E-state index in [4.69, 9.17) is 4.74 Å². The first-order valence-electron chi connectivity index (χ1n) is 11.7. The predicted molar refractivity (Wildman–Crippen MR) is 127 cm³/mol. The molecule has 4 aromatic rings. The van der Waals surface area contributed by atoms with Gasteiger partial charge in [-0.2, -0.15) is 13.2 Å². The molecule has 1 aliphatic rings. The third-order valence-electron chi connectivity index (χ3n) is 6.64. The Balaban J connectivity index is 1.61. The van der Waals surface area contributed by atoms with E-state index in [1.165, 1.54) is 10.6 Å². The van der Waals surface area contributed by atoms with Gasteiger partial charge in [0, 0.05) is 37.4 Å². The van der Waals surface area contributed by atoms with E-state index >= 15 is 4.39 Å². The van der Waals surface area contributed by atoms with Crippen LogP contribution in [0.1, 0.15) is 53.2 Å². The lowest BCUT2D eigenvalue weighted by molar-refractivity contribution is -0.137. The third-order valence-corrected chi connectivity index (χ3v) is 6.64. The van der Waals surface area contributed by atoms with Crippen LogP contribution in [-0.2, 0) is 18.0 Å². The quantitative estimate of drug-likeness (QED) is 0.351. The first kappa shape index (κ1) is 24.9. The normalized spacial score (nSPS) is 18.4. The average Bonchev–Trinajstić information content (AvgIpc) is 2.85.